The van der Waals surface area contributed by atoms with Gasteiger partial charge < -0.3 is 15.5 Å². The molecule has 0 saturated carbocycles. The predicted molar refractivity (Wildman–Crippen MR) is 114 cm³/mol. The molecule has 2 amide bonds. The summed E-state index contributed by atoms with van der Waals surface area (Å²) in [5.41, 5.74) is 6.16. The van der Waals surface area contributed by atoms with Crippen LogP contribution in [0.3, 0.4) is 0 Å². The van der Waals surface area contributed by atoms with E-state index in [4.69, 9.17) is 0 Å². The second-order valence-corrected chi connectivity index (χ2v) is 7.38. The van der Waals surface area contributed by atoms with Crippen LogP contribution in [0, 0.1) is 0 Å². The van der Waals surface area contributed by atoms with Crippen LogP contribution in [-0.2, 0) is 19.4 Å². The Morgan fingerprint density at radius 2 is 1.62 bits per heavy atom. The maximum Gasteiger partial charge on any atom is 0.251 e. The summed E-state index contributed by atoms with van der Waals surface area (Å²) in [6.45, 7) is 2.42. The minimum atomic E-state index is -0.117. The summed E-state index contributed by atoms with van der Waals surface area (Å²) in [6, 6.07) is 13.3. The molecule has 0 saturated heterocycles. The third kappa shape index (κ3) is 4.24. The van der Waals surface area contributed by atoms with Crippen LogP contribution in [0.1, 0.15) is 37.4 Å². The number of benzene rings is 2. The molecule has 0 fully saturated rings. The Hall–Kier alpha value is -3.34. The quantitative estimate of drug-likeness (QED) is 0.829. The first-order chi connectivity index (χ1) is 14.1. The third-order valence-corrected chi connectivity index (χ3v) is 5.57. The van der Waals surface area contributed by atoms with Crippen molar-refractivity contribution in [3.63, 3.8) is 0 Å². The van der Waals surface area contributed by atoms with Gasteiger partial charge in [0.15, 0.2) is 0 Å². The molecule has 5 nitrogen and oxygen atoms in total. The van der Waals surface area contributed by atoms with Gasteiger partial charge in [-0.1, -0.05) is 24.3 Å². The van der Waals surface area contributed by atoms with Gasteiger partial charge in [0.1, 0.15) is 0 Å². The second kappa shape index (κ2) is 8.35. The molecule has 2 aliphatic rings. The fourth-order valence-corrected chi connectivity index (χ4v) is 3.72. The summed E-state index contributed by atoms with van der Waals surface area (Å²) in [6.07, 6.45) is 8.32. The van der Waals surface area contributed by atoms with E-state index in [0.717, 1.165) is 31.5 Å². The van der Waals surface area contributed by atoms with Gasteiger partial charge in [0.25, 0.3) is 11.8 Å². The highest BCUT2D eigenvalue weighted by Crippen LogP contribution is 2.22. The molecule has 1 aliphatic heterocycles. The molecule has 0 radical (unpaired) electrons. The van der Waals surface area contributed by atoms with Crippen molar-refractivity contribution < 1.29 is 9.59 Å². The third-order valence-electron chi connectivity index (χ3n) is 5.57. The summed E-state index contributed by atoms with van der Waals surface area (Å²) in [4.78, 5) is 26.6. The first-order valence-corrected chi connectivity index (χ1v) is 9.98. The lowest BCUT2D eigenvalue weighted by Gasteiger charge is -2.26. The molecule has 2 N–H and O–H groups in total. The number of nitrogens with zero attached hydrogens (tertiary/aromatic N) is 1. The standard InChI is InChI=1S/C24H25N3O2/c1-25-23(28)19-7-5-17(6-8-19)16-26-24(29)21-10-9-18-11-13-27(22-3-2-4-22)14-12-20(18)15-21/h2-10,15H,11-14,16H2,1H3,(H,25,28)(H,26,29). The van der Waals surface area contributed by atoms with E-state index in [1.54, 1.807) is 19.2 Å². The van der Waals surface area contributed by atoms with E-state index < -0.39 is 0 Å². The normalized spacial score (nSPS) is 14.9. The number of allylic oxidation sites excluding steroid dienone is 3. The molecule has 0 aromatic heterocycles. The average Bonchev–Trinajstić information content (AvgIpc) is 2.93. The smallest absolute Gasteiger partial charge is 0.251 e. The van der Waals surface area contributed by atoms with Gasteiger partial charge in [-0.25, -0.2) is 0 Å². The number of amides is 2. The van der Waals surface area contributed by atoms with Crippen LogP contribution in [0.15, 0.2) is 66.4 Å². The zero-order valence-electron chi connectivity index (χ0n) is 16.6. The summed E-state index contributed by atoms with van der Waals surface area (Å²) >= 11 is 0. The van der Waals surface area contributed by atoms with Crippen LogP contribution in [0.5, 0.6) is 0 Å². The topological polar surface area (TPSA) is 61.4 Å². The van der Waals surface area contributed by atoms with E-state index in [1.165, 1.54) is 16.8 Å². The number of nitrogens with one attached hydrogen (secondary N) is 2. The van der Waals surface area contributed by atoms with Crippen molar-refractivity contribution in [1.82, 2.24) is 15.5 Å². The Balaban J connectivity index is 1.37. The SMILES string of the molecule is CNC(=O)c1ccc(CNC(=O)c2ccc3c(c2)CCN(C2=CC=C2)CC3)cc1. The van der Waals surface area contributed by atoms with Crippen LogP contribution >= 0.6 is 0 Å². The zero-order valence-corrected chi connectivity index (χ0v) is 16.6. The van der Waals surface area contributed by atoms with Crippen molar-refractivity contribution in [2.75, 3.05) is 20.1 Å². The molecule has 2 aromatic carbocycles. The molecule has 29 heavy (non-hydrogen) atoms. The Bertz CT molecular complexity index is 990. The number of fused-ring (bicyclic) bond motifs is 1. The van der Waals surface area contributed by atoms with Gasteiger partial charge in [-0.3, -0.25) is 9.59 Å². The molecule has 0 unspecified atom stereocenters. The van der Waals surface area contributed by atoms with Crippen molar-refractivity contribution in [1.29, 1.82) is 0 Å². The van der Waals surface area contributed by atoms with Gasteiger partial charge in [-0.05, 0) is 65.9 Å². The Morgan fingerprint density at radius 1 is 0.931 bits per heavy atom. The summed E-state index contributed by atoms with van der Waals surface area (Å²) in [5, 5.41) is 5.58. The summed E-state index contributed by atoms with van der Waals surface area (Å²) in [5.74, 6) is -0.192. The molecule has 1 aliphatic carbocycles. The highest BCUT2D eigenvalue weighted by Gasteiger charge is 2.17. The Labute approximate surface area is 171 Å². The van der Waals surface area contributed by atoms with Crippen LogP contribution in [-0.4, -0.2) is 36.9 Å². The highest BCUT2D eigenvalue weighted by molar-refractivity contribution is 5.95. The lowest BCUT2D eigenvalue weighted by atomic mass is 10.00. The number of hydrogen-bond donors (Lipinski definition) is 2. The van der Waals surface area contributed by atoms with Crippen LogP contribution in [0.4, 0.5) is 0 Å². The molecule has 2 aromatic rings. The van der Waals surface area contributed by atoms with E-state index in [9.17, 15) is 9.59 Å². The number of carbonyl (C=O) groups is 2. The Morgan fingerprint density at radius 3 is 2.28 bits per heavy atom. The minimum Gasteiger partial charge on any atom is -0.371 e. The number of hydrogen-bond acceptors (Lipinski definition) is 3. The summed E-state index contributed by atoms with van der Waals surface area (Å²) in [7, 11) is 1.61. The van der Waals surface area contributed by atoms with E-state index in [1.807, 2.05) is 24.3 Å². The lowest BCUT2D eigenvalue weighted by molar-refractivity contribution is 0.0946. The molecule has 5 heteroatoms. The van der Waals surface area contributed by atoms with Gasteiger partial charge in [-0.15, -0.1) is 0 Å². The van der Waals surface area contributed by atoms with Gasteiger partial charge >= 0.3 is 0 Å². The van der Waals surface area contributed by atoms with E-state index in [-0.39, 0.29) is 11.8 Å². The maximum absolute atomic E-state index is 12.6. The van der Waals surface area contributed by atoms with Crippen molar-refractivity contribution in [2.45, 2.75) is 19.4 Å². The van der Waals surface area contributed by atoms with Crippen molar-refractivity contribution >= 4 is 11.8 Å². The molecule has 148 valence electrons. The fraction of sp³-hybridized carbons (Fsp3) is 0.250. The number of carbonyl (C=O) groups excluding carboxylic acids is 2. The van der Waals surface area contributed by atoms with Crippen molar-refractivity contribution in [2.24, 2.45) is 0 Å². The predicted octanol–water partition coefficient (Wildman–Crippen LogP) is 2.83. The van der Waals surface area contributed by atoms with Crippen LogP contribution < -0.4 is 10.6 Å². The van der Waals surface area contributed by atoms with Gasteiger partial charge in [0.2, 0.25) is 0 Å². The first kappa shape index (κ1) is 19.0. The number of rotatable bonds is 5. The minimum absolute atomic E-state index is 0.0751. The Kier molecular flexibility index (Phi) is 5.47. The fourth-order valence-electron chi connectivity index (χ4n) is 3.72. The van der Waals surface area contributed by atoms with Gasteiger partial charge in [-0.2, -0.15) is 0 Å². The molecule has 1 heterocycles. The van der Waals surface area contributed by atoms with E-state index in [0.29, 0.717) is 17.7 Å². The molecule has 4 rings (SSSR count). The van der Waals surface area contributed by atoms with E-state index in [2.05, 4.69) is 39.8 Å². The highest BCUT2D eigenvalue weighted by atomic mass is 16.2. The van der Waals surface area contributed by atoms with Crippen molar-refractivity contribution in [3.8, 4) is 0 Å². The lowest BCUT2D eigenvalue weighted by Crippen LogP contribution is -2.26. The molecule has 0 spiro atoms. The second-order valence-electron chi connectivity index (χ2n) is 7.38. The average molecular weight is 387 g/mol. The van der Waals surface area contributed by atoms with Crippen LogP contribution in [0.25, 0.3) is 0 Å². The maximum atomic E-state index is 12.6. The molecule has 0 bridgehead atoms. The first-order valence-electron chi connectivity index (χ1n) is 9.98. The monoisotopic (exact) mass is 387 g/mol. The van der Waals surface area contributed by atoms with Crippen LogP contribution in [0.2, 0.25) is 0 Å². The largest absolute Gasteiger partial charge is 0.371 e. The summed E-state index contributed by atoms with van der Waals surface area (Å²) < 4.78 is 0. The van der Waals surface area contributed by atoms with Crippen molar-refractivity contribution in [3.05, 3.63) is 94.2 Å². The van der Waals surface area contributed by atoms with Gasteiger partial charge in [0.05, 0.1) is 0 Å². The zero-order chi connectivity index (χ0) is 20.2. The van der Waals surface area contributed by atoms with E-state index >= 15 is 0 Å². The molecular weight excluding hydrogens is 362 g/mol. The molecular formula is C24H25N3O2. The van der Waals surface area contributed by atoms with Gasteiger partial charge in [0, 0.05) is 43.5 Å². The molecule has 0 atom stereocenters.